The van der Waals surface area contributed by atoms with Gasteiger partial charge in [-0.2, -0.15) is 0 Å². The van der Waals surface area contributed by atoms with Gasteiger partial charge in [-0.05, 0) is 39.3 Å². The molecule has 4 heteroatoms. The average molecular weight is 286 g/mol. The molecule has 112 valence electrons. The van der Waals surface area contributed by atoms with Crippen molar-refractivity contribution in [2.75, 3.05) is 13.1 Å². The summed E-state index contributed by atoms with van der Waals surface area (Å²) in [4.78, 5) is 26.0. The van der Waals surface area contributed by atoms with E-state index < -0.39 is 0 Å². The second-order valence-corrected chi connectivity index (χ2v) is 5.72. The largest absolute Gasteiger partial charge is 0.350 e. The van der Waals surface area contributed by atoms with Crippen molar-refractivity contribution in [3.05, 3.63) is 47.0 Å². The van der Waals surface area contributed by atoms with Crippen LogP contribution in [0.1, 0.15) is 36.2 Å². The lowest BCUT2D eigenvalue weighted by Gasteiger charge is -2.26. The first-order valence-corrected chi connectivity index (χ1v) is 7.33. The van der Waals surface area contributed by atoms with Crippen LogP contribution in [-0.2, 0) is 4.79 Å². The Morgan fingerprint density at radius 1 is 1.19 bits per heavy atom. The van der Waals surface area contributed by atoms with Gasteiger partial charge in [-0.15, -0.1) is 0 Å². The third kappa shape index (κ3) is 3.94. The van der Waals surface area contributed by atoms with E-state index in [4.69, 9.17) is 0 Å². The van der Waals surface area contributed by atoms with Gasteiger partial charge in [0.2, 0.25) is 5.91 Å². The SMILES string of the molecule is Cc1ccc(C(=O)N2CC=C(C(=O)NC(C)C)CC2)cc1. The number of carbonyl (C=O) groups excluding carboxylic acids is 2. The van der Waals surface area contributed by atoms with Crippen LogP contribution in [0.4, 0.5) is 0 Å². The molecule has 1 heterocycles. The van der Waals surface area contributed by atoms with Gasteiger partial charge >= 0.3 is 0 Å². The first kappa shape index (κ1) is 15.3. The van der Waals surface area contributed by atoms with E-state index >= 15 is 0 Å². The Hall–Kier alpha value is -2.10. The van der Waals surface area contributed by atoms with E-state index in [9.17, 15) is 9.59 Å². The zero-order valence-electron chi connectivity index (χ0n) is 12.8. The number of benzene rings is 1. The molecule has 0 atom stereocenters. The average Bonchev–Trinajstić information content (AvgIpc) is 2.47. The highest BCUT2D eigenvalue weighted by molar-refractivity contribution is 5.96. The maximum Gasteiger partial charge on any atom is 0.254 e. The molecule has 1 N–H and O–H groups in total. The molecule has 0 aliphatic carbocycles. The molecule has 1 aliphatic heterocycles. The molecular weight excluding hydrogens is 264 g/mol. The van der Waals surface area contributed by atoms with Crippen LogP contribution in [0.25, 0.3) is 0 Å². The molecule has 1 aromatic carbocycles. The highest BCUT2D eigenvalue weighted by atomic mass is 16.2. The van der Waals surface area contributed by atoms with Crippen molar-refractivity contribution in [1.29, 1.82) is 0 Å². The van der Waals surface area contributed by atoms with Crippen LogP contribution in [0, 0.1) is 6.92 Å². The van der Waals surface area contributed by atoms with Gasteiger partial charge in [-0.25, -0.2) is 0 Å². The summed E-state index contributed by atoms with van der Waals surface area (Å²) in [5, 5.41) is 2.88. The monoisotopic (exact) mass is 286 g/mol. The Balaban J connectivity index is 1.99. The van der Waals surface area contributed by atoms with E-state index in [2.05, 4.69) is 5.32 Å². The van der Waals surface area contributed by atoms with Gasteiger partial charge < -0.3 is 10.2 Å². The van der Waals surface area contributed by atoms with Gasteiger partial charge in [0.15, 0.2) is 0 Å². The van der Waals surface area contributed by atoms with Gasteiger partial charge in [0.25, 0.3) is 5.91 Å². The van der Waals surface area contributed by atoms with E-state index in [0.717, 1.165) is 11.1 Å². The second kappa shape index (κ2) is 6.57. The molecule has 2 rings (SSSR count). The normalized spacial score (nSPS) is 14.9. The Labute approximate surface area is 125 Å². The summed E-state index contributed by atoms with van der Waals surface area (Å²) in [7, 11) is 0. The van der Waals surface area contributed by atoms with E-state index in [0.29, 0.717) is 25.1 Å². The highest BCUT2D eigenvalue weighted by Gasteiger charge is 2.21. The van der Waals surface area contributed by atoms with E-state index in [-0.39, 0.29) is 17.9 Å². The molecule has 1 aliphatic rings. The molecule has 0 aromatic heterocycles. The van der Waals surface area contributed by atoms with Gasteiger partial charge in [-0.1, -0.05) is 23.8 Å². The van der Waals surface area contributed by atoms with Gasteiger partial charge in [-0.3, -0.25) is 9.59 Å². The minimum atomic E-state index is -0.0209. The zero-order valence-corrected chi connectivity index (χ0v) is 12.8. The summed E-state index contributed by atoms with van der Waals surface area (Å²) < 4.78 is 0. The van der Waals surface area contributed by atoms with Crippen molar-refractivity contribution in [2.24, 2.45) is 0 Å². The molecule has 0 bridgehead atoms. The van der Waals surface area contributed by atoms with Gasteiger partial charge in [0.05, 0.1) is 0 Å². The van der Waals surface area contributed by atoms with Crippen LogP contribution in [0.5, 0.6) is 0 Å². The molecule has 0 fully saturated rings. The van der Waals surface area contributed by atoms with Crippen molar-refractivity contribution in [2.45, 2.75) is 33.2 Å². The zero-order chi connectivity index (χ0) is 15.4. The third-order valence-electron chi connectivity index (χ3n) is 3.51. The molecular formula is C17H22N2O2. The fraction of sp³-hybridized carbons (Fsp3) is 0.412. The van der Waals surface area contributed by atoms with Crippen LogP contribution in [0.15, 0.2) is 35.9 Å². The number of nitrogens with one attached hydrogen (secondary N) is 1. The molecule has 1 aromatic rings. The summed E-state index contributed by atoms with van der Waals surface area (Å²) >= 11 is 0. The molecule has 0 unspecified atom stereocenters. The lowest BCUT2D eigenvalue weighted by Crippen LogP contribution is -2.38. The lowest BCUT2D eigenvalue weighted by molar-refractivity contribution is -0.118. The van der Waals surface area contributed by atoms with Gasteiger partial charge in [0.1, 0.15) is 0 Å². The molecule has 2 amide bonds. The fourth-order valence-electron chi connectivity index (χ4n) is 2.29. The minimum absolute atomic E-state index is 0.0209. The second-order valence-electron chi connectivity index (χ2n) is 5.72. The Bertz CT molecular complexity index is 559. The summed E-state index contributed by atoms with van der Waals surface area (Å²) in [5.74, 6) is 0.00185. The highest BCUT2D eigenvalue weighted by Crippen LogP contribution is 2.15. The maximum atomic E-state index is 12.4. The van der Waals surface area contributed by atoms with Crippen LogP contribution in [0.2, 0.25) is 0 Å². The number of rotatable bonds is 3. The van der Waals surface area contributed by atoms with Crippen molar-refractivity contribution in [3.8, 4) is 0 Å². The molecule has 0 spiro atoms. The Morgan fingerprint density at radius 2 is 1.86 bits per heavy atom. The van der Waals surface area contributed by atoms with Crippen molar-refractivity contribution >= 4 is 11.8 Å². The summed E-state index contributed by atoms with van der Waals surface area (Å²) in [6.07, 6.45) is 2.46. The molecule has 21 heavy (non-hydrogen) atoms. The lowest BCUT2D eigenvalue weighted by atomic mass is 10.1. The number of carbonyl (C=O) groups is 2. The quantitative estimate of drug-likeness (QED) is 0.927. The standard InChI is InChI=1S/C17H22N2O2/c1-12(2)18-16(20)14-8-10-19(11-9-14)17(21)15-6-4-13(3)5-7-15/h4-8,12H,9-11H2,1-3H3,(H,18,20). The number of amides is 2. The molecule has 0 radical (unpaired) electrons. The van der Waals surface area contributed by atoms with Crippen LogP contribution in [-0.4, -0.2) is 35.8 Å². The van der Waals surface area contributed by atoms with E-state index in [1.165, 1.54) is 0 Å². The number of aryl methyl sites for hydroxylation is 1. The molecule has 0 saturated heterocycles. The Morgan fingerprint density at radius 3 is 2.38 bits per heavy atom. The van der Waals surface area contributed by atoms with Gasteiger partial charge in [0, 0.05) is 30.3 Å². The fourth-order valence-corrected chi connectivity index (χ4v) is 2.29. The minimum Gasteiger partial charge on any atom is -0.350 e. The smallest absolute Gasteiger partial charge is 0.254 e. The van der Waals surface area contributed by atoms with Crippen molar-refractivity contribution < 1.29 is 9.59 Å². The van der Waals surface area contributed by atoms with Crippen LogP contribution < -0.4 is 5.32 Å². The van der Waals surface area contributed by atoms with Crippen molar-refractivity contribution in [1.82, 2.24) is 10.2 Å². The summed E-state index contributed by atoms with van der Waals surface area (Å²) in [6.45, 7) is 6.96. The predicted molar refractivity (Wildman–Crippen MR) is 83.1 cm³/mol. The first-order chi connectivity index (χ1) is 9.97. The maximum absolute atomic E-state index is 12.4. The van der Waals surface area contributed by atoms with Crippen LogP contribution in [0.3, 0.4) is 0 Å². The van der Waals surface area contributed by atoms with Crippen molar-refractivity contribution in [3.63, 3.8) is 0 Å². The van der Waals surface area contributed by atoms with E-state index in [1.807, 2.05) is 51.1 Å². The molecule has 4 nitrogen and oxygen atoms in total. The number of nitrogens with zero attached hydrogens (tertiary/aromatic N) is 1. The summed E-state index contributed by atoms with van der Waals surface area (Å²) in [6, 6.07) is 7.71. The Kier molecular flexibility index (Phi) is 4.78. The summed E-state index contributed by atoms with van der Waals surface area (Å²) in [5.41, 5.74) is 2.61. The topological polar surface area (TPSA) is 49.4 Å². The first-order valence-electron chi connectivity index (χ1n) is 7.33. The predicted octanol–water partition coefficient (Wildman–Crippen LogP) is 2.29. The third-order valence-corrected chi connectivity index (χ3v) is 3.51. The molecule has 0 saturated carbocycles. The number of hydrogen-bond acceptors (Lipinski definition) is 2. The number of hydrogen-bond donors (Lipinski definition) is 1. The van der Waals surface area contributed by atoms with E-state index in [1.54, 1.807) is 4.90 Å². The van der Waals surface area contributed by atoms with Crippen LogP contribution >= 0.6 is 0 Å².